The first-order chi connectivity index (χ1) is 11.8. The predicted molar refractivity (Wildman–Crippen MR) is 96.2 cm³/mol. The van der Waals surface area contributed by atoms with E-state index in [0.29, 0.717) is 16.6 Å². The molecule has 0 atom stereocenters. The van der Waals surface area contributed by atoms with Gasteiger partial charge >= 0.3 is 0 Å². The van der Waals surface area contributed by atoms with Gasteiger partial charge in [0.25, 0.3) is 5.91 Å². The van der Waals surface area contributed by atoms with Crippen LogP contribution in [0.2, 0.25) is 0 Å². The van der Waals surface area contributed by atoms with Crippen molar-refractivity contribution in [1.82, 2.24) is 14.9 Å². The lowest BCUT2D eigenvalue weighted by molar-refractivity contribution is 0.102. The van der Waals surface area contributed by atoms with Gasteiger partial charge in [-0.1, -0.05) is 25.2 Å². The Hall–Kier alpha value is -1.84. The number of aromatic nitrogens is 2. The summed E-state index contributed by atoms with van der Waals surface area (Å²) in [5.74, 6) is 0.126. The second kappa shape index (κ2) is 7.19. The fourth-order valence-corrected chi connectivity index (χ4v) is 4.43. The summed E-state index contributed by atoms with van der Waals surface area (Å²) in [6.07, 6.45) is 2.56. The van der Waals surface area contributed by atoms with Gasteiger partial charge < -0.3 is 0 Å². The van der Waals surface area contributed by atoms with Gasteiger partial charge in [0.05, 0.1) is 4.90 Å². The molecule has 0 bridgehead atoms. The summed E-state index contributed by atoms with van der Waals surface area (Å²) in [6, 6.07) is 5.90. The number of nitrogens with one attached hydrogen (secondary N) is 2. The Bertz CT molecular complexity index is 856. The molecule has 25 heavy (non-hydrogen) atoms. The van der Waals surface area contributed by atoms with Gasteiger partial charge in [-0.05, 0) is 43.0 Å². The summed E-state index contributed by atoms with van der Waals surface area (Å²) in [5.41, 5.74) is 0.367. The van der Waals surface area contributed by atoms with E-state index >= 15 is 0 Å². The van der Waals surface area contributed by atoms with Crippen LogP contribution < -0.4 is 10.0 Å². The Balaban J connectivity index is 1.65. The molecule has 1 aliphatic rings. The summed E-state index contributed by atoms with van der Waals surface area (Å²) < 4.78 is 26.8. The molecule has 2 N–H and O–H groups in total. The monoisotopic (exact) mass is 380 g/mol. The average molecular weight is 380 g/mol. The van der Waals surface area contributed by atoms with E-state index in [1.165, 1.54) is 35.6 Å². The third-order valence-electron chi connectivity index (χ3n) is 3.60. The highest BCUT2D eigenvalue weighted by molar-refractivity contribution is 7.89. The smallest absolute Gasteiger partial charge is 0.257 e. The van der Waals surface area contributed by atoms with Crippen LogP contribution in [0, 0.1) is 5.92 Å². The van der Waals surface area contributed by atoms with Gasteiger partial charge in [0.15, 0.2) is 0 Å². The number of hydrogen-bond donors (Lipinski definition) is 2. The fourth-order valence-electron chi connectivity index (χ4n) is 2.18. The van der Waals surface area contributed by atoms with Crippen LogP contribution in [0.15, 0.2) is 29.2 Å². The van der Waals surface area contributed by atoms with E-state index in [2.05, 4.69) is 34.1 Å². The number of amides is 1. The highest BCUT2D eigenvalue weighted by Gasteiger charge is 2.28. The number of sulfonamides is 1. The van der Waals surface area contributed by atoms with Crippen molar-refractivity contribution >= 4 is 32.4 Å². The minimum atomic E-state index is -3.51. The summed E-state index contributed by atoms with van der Waals surface area (Å²) >= 11 is 1.35. The predicted octanol–water partition coefficient (Wildman–Crippen LogP) is 2.43. The lowest BCUT2D eigenvalue weighted by atomic mass is 10.1. The molecule has 1 aromatic carbocycles. The van der Waals surface area contributed by atoms with Crippen molar-refractivity contribution in [2.24, 2.45) is 5.92 Å². The van der Waals surface area contributed by atoms with Gasteiger partial charge in [-0.3, -0.25) is 10.1 Å². The van der Waals surface area contributed by atoms with Gasteiger partial charge in [0.2, 0.25) is 15.2 Å². The Morgan fingerprint density at radius 3 is 2.52 bits per heavy atom. The van der Waals surface area contributed by atoms with Gasteiger partial charge in [0, 0.05) is 18.0 Å². The zero-order valence-electron chi connectivity index (χ0n) is 14.0. The van der Waals surface area contributed by atoms with E-state index in [1.807, 2.05) is 0 Å². The van der Waals surface area contributed by atoms with E-state index in [9.17, 15) is 13.2 Å². The highest BCUT2D eigenvalue weighted by atomic mass is 32.2. The lowest BCUT2D eigenvalue weighted by Crippen LogP contribution is -2.25. The van der Waals surface area contributed by atoms with E-state index in [0.717, 1.165) is 24.3 Å². The molecule has 0 aliphatic heterocycles. The van der Waals surface area contributed by atoms with Crippen LogP contribution in [-0.2, 0) is 16.4 Å². The molecule has 7 nitrogen and oxygen atoms in total. The maximum Gasteiger partial charge on any atom is 0.257 e. The summed E-state index contributed by atoms with van der Waals surface area (Å²) in [5, 5.41) is 12.0. The lowest BCUT2D eigenvalue weighted by Gasteiger charge is -2.06. The fraction of sp³-hybridized carbons (Fsp3) is 0.438. The number of anilines is 1. The third-order valence-corrected chi connectivity index (χ3v) is 5.99. The standard InChI is InChI=1S/C16H20N4O3S2/c1-10(2)9-14-18-19-16(24-14)17-15(21)11-3-7-13(8-4-11)25(22,23)20-12-5-6-12/h3-4,7-8,10,12,20H,5-6,9H2,1-2H3,(H,17,19,21). The first kappa shape index (κ1) is 18.0. The first-order valence-electron chi connectivity index (χ1n) is 8.09. The number of carbonyl (C=O) groups is 1. The van der Waals surface area contributed by atoms with E-state index in [-0.39, 0.29) is 16.8 Å². The number of carbonyl (C=O) groups excluding carboxylic acids is 1. The molecule has 0 saturated heterocycles. The van der Waals surface area contributed by atoms with Crippen molar-refractivity contribution in [1.29, 1.82) is 0 Å². The number of benzene rings is 1. The van der Waals surface area contributed by atoms with E-state index < -0.39 is 10.0 Å². The van der Waals surface area contributed by atoms with E-state index in [1.54, 1.807) is 0 Å². The van der Waals surface area contributed by atoms with Gasteiger partial charge in [0.1, 0.15) is 5.01 Å². The molecule has 1 aliphatic carbocycles. The Morgan fingerprint density at radius 2 is 1.92 bits per heavy atom. The molecule has 1 saturated carbocycles. The second-order valence-electron chi connectivity index (χ2n) is 6.47. The van der Waals surface area contributed by atoms with Crippen LogP contribution in [0.3, 0.4) is 0 Å². The molecular weight excluding hydrogens is 360 g/mol. The first-order valence-corrected chi connectivity index (χ1v) is 10.4. The van der Waals surface area contributed by atoms with Crippen LogP contribution in [-0.4, -0.2) is 30.6 Å². The molecule has 3 rings (SSSR count). The van der Waals surface area contributed by atoms with Crippen LogP contribution in [0.4, 0.5) is 5.13 Å². The minimum Gasteiger partial charge on any atom is -0.296 e. The Labute approximate surface area is 150 Å². The van der Waals surface area contributed by atoms with Crippen molar-refractivity contribution in [3.05, 3.63) is 34.8 Å². The SMILES string of the molecule is CC(C)Cc1nnc(NC(=O)c2ccc(S(=O)(=O)NC3CC3)cc2)s1. The Kier molecular flexibility index (Phi) is 5.16. The molecule has 1 amide bonds. The Morgan fingerprint density at radius 1 is 1.24 bits per heavy atom. The summed E-state index contributed by atoms with van der Waals surface area (Å²) in [4.78, 5) is 12.4. The average Bonchev–Trinajstić information content (AvgIpc) is 3.25. The van der Waals surface area contributed by atoms with Crippen molar-refractivity contribution < 1.29 is 13.2 Å². The van der Waals surface area contributed by atoms with Crippen molar-refractivity contribution in [2.45, 2.75) is 44.0 Å². The molecule has 0 radical (unpaired) electrons. The van der Waals surface area contributed by atoms with Crippen molar-refractivity contribution in [3.63, 3.8) is 0 Å². The molecule has 1 aromatic heterocycles. The molecule has 134 valence electrons. The molecule has 1 heterocycles. The summed E-state index contributed by atoms with van der Waals surface area (Å²) in [7, 11) is -3.51. The van der Waals surface area contributed by atoms with Crippen LogP contribution in [0.5, 0.6) is 0 Å². The molecule has 9 heteroatoms. The van der Waals surface area contributed by atoms with Crippen molar-refractivity contribution in [2.75, 3.05) is 5.32 Å². The maximum absolute atomic E-state index is 12.3. The molecule has 1 fully saturated rings. The third kappa shape index (κ3) is 4.83. The molecule has 0 unspecified atom stereocenters. The van der Waals surface area contributed by atoms with Gasteiger partial charge in [-0.15, -0.1) is 10.2 Å². The zero-order valence-corrected chi connectivity index (χ0v) is 15.7. The topological polar surface area (TPSA) is 101 Å². The van der Waals surface area contributed by atoms with E-state index in [4.69, 9.17) is 0 Å². The van der Waals surface area contributed by atoms with Gasteiger partial charge in [-0.25, -0.2) is 13.1 Å². The van der Waals surface area contributed by atoms with Crippen molar-refractivity contribution in [3.8, 4) is 0 Å². The highest BCUT2D eigenvalue weighted by Crippen LogP contribution is 2.23. The van der Waals surface area contributed by atoms with Crippen LogP contribution >= 0.6 is 11.3 Å². The number of rotatable bonds is 7. The van der Waals surface area contributed by atoms with Gasteiger partial charge in [-0.2, -0.15) is 0 Å². The number of hydrogen-bond acceptors (Lipinski definition) is 6. The zero-order chi connectivity index (χ0) is 18.0. The van der Waals surface area contributed by atoms with Crippen LogP contribution in [0.25, 0.3) is 0 Å². The number of nitrogens with zero attached hydrogens (tertiary/aromatic N) is 2. The molecule has 2 aromatic rings. The van der Waals surface area contributed by atoms with Crippen LogP contribution in [0.1, 0.15) is 42.1 Å². The minimum absolute atomic E-state index is 0.0467. The quantitative estimate of drug-likeness (QED) is 0.768. The normalized spacial score (nSPS) is 14.7. The summed E-state index contributed by atoms with van der Waals surface area (Å²) in [6.45, 7) is 4.18. The second-order valence-corrected chi connectivity index (χ2v) is 9.25. The maximum atomic E-state index is 12.3. The molecular formula is C16H20N4O3S2. The molecule has 0 spiro atoms. The largest absolute Gasteiger partial charge is 0.296 e.